The molecular formula is C17H30N4O. The van der Waals surface area contributed by atoms with Crippen LogP contribution in [0.3, 0.4) is 0 Å². The van der Waals surface area contributed by atoms with E-state index >= 15 is 0 Å². The SMILES string of the molecule is CCNC(=NCCN(CC)CC)NCCOc1ccccc1. The molecule has 0 aliphatic carbocycles. The summed E-state index contributed by atoms with van der Waals surface area (Å²) in [5.41, 5.74) is 0. The number of aliphatic imine (C=N–C) groups is 1. The first-order chi connectivity index (χ1) is 10.8. The predicted octanol–water partition coefficient (Wildman–Crippen LogP) is 1.96. The zero-order valence-corrected chi connectivity index (χ0v) is 14.1. The molecule has 0 unspecified atom stereocenters. The maximum Gasteiger partial charge on any atom is 0.191 e. The van der Waals surface area contributed by atoms with Crippen LogP contribution in [0, 0.1) is 0 Å². The second kappa shape index (κ2) is 11.9. The monoisotopic (exact) mass is 306 g/mol. The second-order valence-corrected chi connectivity index (χ2v) is 4.88. The first-order valence-electron chi connectivity index (χ1n) is 8.22. The van der Waals surface area contributed by atoms with Crippen LogP contribution in [-0.4, -0.2) is 56.7 Å². The molecule has 124 valence electrons. The minimum absolute atomic E-state index is 0.616. The Hall–Kier alpha value is -1.75. The fourth-order valence-electron chi connectivity index (χ4n) is 2.04. The van der Waals surface area contributed by atoms with Crippen molar-refractivity contribution in [3.05, 3.63) is 30.3 Å². The van der Waals surface area contributed by atoms with Crippen LogP contribution >= 0.6 is 0 Å². The molecule has 22 heavy (non-hydrogen) atoms. The third-order valence-corrected chi connectivity index (χ3v) is 3.33. The van der Waals surface area contributed by atoms with Crippen molar-refractivity contribution in [2.45, 2.75) is 20.8 Å². The van der Waals surface area contributed by atoms with E-state index in [-0.39, 0.29) is 0 Å². The van der Waals surface area contributed by atoms with Crippen LogP contribution in [0.4, 0.5) is 0 Å². The lowest BCUT2D eigenvalue weighted by Crippen LogP contribution is -2.40. The van der Waals surface area contributed by atoms with Crippen LogP contribution in [0.5, 0.6) is 5.75 Å². The van der Waals surface area contributed by atoms with Gasteiger partial charge in [-0.3, -0.25) is 4.99 Å². The van der Waals surface area contributed by atoms with Crippen LogP contribution < -0.4 is 15.4 Å². The number of nitrogens with zero attached hydrogens (tertiary/aromatic N) is 2. The molecule has 0 aliphatic heterocycles. The van der Waals surface area contributed by atoms with Crippen molar-refractivity contribution >= 4 is 5.96 Å². The Bertz CT molecular complexity index is 404. The maximum atomic E-state index is 5.66. The van der Waals surface area contributed by atoms with Crippen LogP contribution in [0.25, 0.3) is 0 Å². The summed E-state index contributed by atoms with van der Waals surface area (Å²) < 4.78 is 5.66. The molecule has 5 nitrogen and oxygen atoms in total. The molecule has 0 aliphatic rings. The van der Waals surface area contributed by atoms with Crippen LogP contribution in [-0.2, 0) is 0 Å². The van der Waals surface area contributed by atoms with Crippen LogP contribution in [0.15, 0.2) is 35.3 Å². The summed E-state index contributed by atoms with van der Waals surface area (Å²) in [6.45, 7) is 12.6. The fourth-order valence-corrected chi connectivity index (χ4v) is 2.04. The Morgan fingerprint density at radius 2 is 1.82 bits per heavy atom. The van der Waals surface area contributed by atoms with Gasteiger partial charge in [0.05, 0.1) is 13.1 Å². The number of likely N-dealkylation sites (N-methyl/N-ethyl adjacent to an activating group) is 1. The van der Waals surface area contributed by atoms with Gasteiger partial charge < -0.3 is 20.3 Å². The molecule has 0 bridgehead atoms. The summed E-state index contributed by atoms with van der Waals surface area (Å²) in [5, 5.41) is 6.55. The lowest BCUT2D eigenvalue weighted by molar-refractivity contribution is 0.312. The zero-order valence-electron chi connectivity index (χ0n) is 14.1. The number of hydrogen-bond donors (Lipinski definition) is 2. The lowest BCUT2D eigenvalue weighted by Gasteiger charge is -2.17. The highest BCUT2D eigenvalue weighted by Gasteiger charge is 2.00. The van der Waals surface area contributed by atoms with Crippen molar-refractivity contribution in [1.82, 2.24) is 15.5 Å². The minimum atomic E-state index is 0.616. The van der Waals surface area contributed by atoms with E-state index in [4.69, 9.17) is 4.74 Å². The molecular weight excluding hydrogens is 276 g/mol. The zero-order chi connectivity index (χ0) is 16.0. The van der Waals surface area contributed by atoms with Gasteiger partial charge in [0.15, 0.2) is 5.96 Å². The van der Waals surface area contributed by atoms with Crippen molar-refractivity contribution in [2.24, 2.45) is 4.99 Å². The van der Waals surface area contributed by atoms with Gasteiger partial charge in [0.2, 0.25) is 0 Å². The highest BCUT2D eigenvalue weighted by molar-refractivity contribution is 5.79. The molecule has 5 heteroatoms. The first-order valence-corrected chi connectivity index (χ1v) is 8.22. The molecule has 1 aromatic rings. The lowest BCUT2D eigenvalue weighted by atomic mass is 10.3. The standard InChI is InChI=1S/C17H30N4O/c1-4-18-17(19-12-14-21(5-2)6-3)20-13-15-22-16-10-8-7-9-11-16/h7-11H,4-6,12-15H2,1-3H3,(H2,18,19,20). The second-order valence-electron chi connectivity index (χ2n) is 4.88. The van der Waals surface area contributed by atoms with Crippen molar-refractivity contribution < 1.29 is 4.74 Å². The summed E-state index contributed by atoms with van der Waals surface area (Å²) in [4.78, 5) is 6.96. The van der Waals surface area contributed by atoms with E-state index in [1.807, 2.05) is 30.3 Å². The van der Waals surface area contributed by atoms with Gasteiger partial charge in [0.25, 0.3) is 0 Å². The Kier molecular flexibility index (Phi) is 9.87. The Morgan fingerprint density at radius 1 is 1.09 bits per heavy atom. The van der Waals surface area contributed by atoms with Crippen molar-refractivity contribution in [2.75, 3.05) is 45.9 Å². The molecule has 0 saturated heterocycles. The van der Waals surface area contributed by atoms with Gasteiger partial charge in [-0.25, -0.2) is 0 Å². The predicted molar refractivity (Wildman–Crippen MR) is 93.7 cm³/mol. The third kappa shape index (κ3) is 7.88. The number of benzene rings is 1. The molecule has 1 aromatic carbocycles. The average molecular weight is 306 g/mol. The van der Waals surface area contributed by atoms with E-state index in [1.54, 1.807) is 0 Å². The maximum absolute atomic E-state index is 5.66. The summed E-state index contributed by atoms with van der Waals surface area (Å²) in [6, 6.07) is 9.85. The van der Waals surface area contributed by atoms with Gasteiger partial charge in [-0.05, 0) is 32.1 Å². The van der Waals surface area contributed by atoms with Crippen molar-refractivity contribution in [1.29, 1.82) is 0 Å². The van der Waals surface area contributed by atoms with Gasteiger partial charge >= 0.3 is 0 Å². The number of hydrogen-bond acceptors (Lipinski definition) is 3. The molecule has 0 fully saturated rings. The van der Waals surface area contributed by atoms with Crippen LogP contribution in [0.2, 0.25) is 0 Å². The Labute approximate surface area is 134 Å². The number of nitrogens with one attached hydrogen (secondary N) is 2. The highest BCUT2D eigenvalue weighted by Crippen LogP contribution is 2.07. The summed E-state index contributed by atoms with van der Waals surface area (Å²) >= 11 is 0. The van der Waals surface area contributed by atoms with E-state index in [9.17, 15) is 0 Å². The fraction of sp³-hybridized carbons (Fsp3) is 0.588. The molecule has 2 N–H and O–H groups in total. The van der Waals surface area contributed by atoms with Gasteiger partial charge in [0, 0.05) is 13.1 Å². The molecule has 1 rings (SSSR count). The Morgan fingerprint density at radius 3 is 2.45 bits per heavy atom. The molecule has 0 saturated carbocycles. The minimum Gasteiger partial charge on any atom is -0.492 e. The topological polar surface area (TPSA) is 48.9 Å². The van der Waals surface area contributed by atoms with E-state index in [1.165, 1.54) is 0 Å². The van der Waals surface area contributed by atoms with Crippen LogP contribution in [0.1, 0.15) is 20.8 Å². The molecule has 0 aromatic heterocycles. The van der Waals surface area contributed by atoms with E-state index in [0.717, 1.165) is 51.0 Å². The highest BCUT2D eigenvalue weighted by atomic mass is 16.5. The average Bonchev–Trinajstić information content (AvgIpc) is 2.56. The van der Waals surface area contributed by atoms with Crippen molar-refractivity contribution in [3.8, 4) is 5.75 Å². The van der Waals surface area contributed by atoms with E-state index in [0.29, 0.717) is 6.61 Å². The van der Waals surface area contributed by atoms with Gasteiger partial charge in [-0.15, -0.1) is 0 Å². The smallest absolute Gasteiger partial charge is 0.191 e. The summed E-state index contributed by atoms with van der Waals surface area (Å²) in [5.74, 6) is 1.75. The van der Waals surface area contributed by atoms with Crippen molar-refractivity contribution in [3.63, 3.8) is 0 Å². The molecule has 0 spiro atoms. The quantitative estimate of drug-likeness (QED) is 0.394. The molecule has 0 heterocycles. The number of ether oxygens (including phenoxy) is 1. The number of rotatable bonds is 10. The molecule has 0 amide bonds. The van der Waals surface area contributed by atoms with E-state index < -0.39 is 0 Å². The van der Waals surface area contributed by atoms with Gasteiger partial charge in [0.1, 0.15) is 12.4 Å². The number of para-hydroxylation sites is 1. The van der Waals surface area contributed by atoms with Gasteiger partial charge in [-0.2, -0.15) is 0 Å². The normalized spacial score (nSPS) is 11.5. The van der Waals surface area contributed by atoms with E-state index in [2.05, 4.69) is 41.3 Å². The number of guanidine groups is 1. The largest absolute Gasteiger partial charge is 0.492 e. The third-order valence-electron chi connectivity index (χ3n) is 3.33. The summed E-state index contributed by atoms with van der Waals surface area (Å²) in [6.07, 6.45) is 0. The molecule has 0 radical (unpaired) electrons. The molecule has 0 atom stereocenters. The van der Waals surface area contributed by atoms with Gasteiger partial charge in [-0.1, -0.05) is 32.0 Å². The first kappa shape index (κ1) is 18.3. The summed E-state index contributed by atoms with van der Waals surface area (Å²) in [7, 11) is 0. The Balaban J connectivity index is 2.27.